The van der Waals surface area contributed by atoms with Crippen molar-refractivity contribution in [3.05, 3.63) is 35.9 Å². The number of benzene rings is 1. The maximum absolute atomic E-state index is 12.8. The van der Waals surface area contributed by atoms with E-state index in [9.17, 15) is 4.79 Å². The van der Waals surface area contributed by atoms with Gasteiger partial charge >= 0.3 is 0 Å². The van der Waals surface area contributed by atoms with Crippen LogP contribution in [-0.4, -0.2) is 61.1 Å². The molecule has 0 bridgehead atoms. The second-order valence-electron chi connectivity index (χ2n) is 7.42. The van der Waals surface area contributed by atoms with Gasteiger partial charge < -0.3 is 15.4 Å². The number of piperidine rings is 1. The fraction of sp³-hybridized carbons (Fsp3) is 0.650. The molecule has 2 aliphatic heterocycles. The fourth-order valence-electron chi connectivity index (χ4n) is 4.00. The van der Waals surface area contributed by atoms with Crippen LogP contribution in [0.4, 0.5) is 0 Å². The van der Waals surface area contributed by atoms with Gasteiger partial charge in [-0.3, -0.25) is 9.69 Å². The number of hydrogen-bond acceptors (Lipinski definition) is 4. The lowest BCUT2D eigenvalue weighted by Crippen LogP contribution is -2.53. The van der Waals surface area contributed by atoms with Crippen LogP contribution in [0.3, 0.4) is 0 Å². The van der Waals surface area contributed by atoms with E-state index in [0.717, 1.165) is 58.5 Å². The molecule has 25 heavy (non-hydrogen) atoms. The number of nitrogens with zero attached hydrogens (tertiary/aromatic N) is 2. The monoisotopic (exact) mass is 345 g/mol. The van der Waals surface area contributed by atoms with Gasteiger partial charge in [-0.05, 0) is 37.2 Å². The third kappa shape index (κ3) is 4.81. The topological polar surface area (TPSA) is 58.8 Å². The quantitative estimate of drug-likeness (QED) is 0.885. The largest absolute Gasteiger partial charge is 0.381 e. The van der Waals surface area contributed by atoms with Crippen LogP contribution in [0.15, 0.2) is 30.3 Å². The number of nitrogens with two attached hydrogens (primary N) is 1. The standard InChI is InChI=1S/C20H31N3O2/c1-22(20(24)19(21)17-9-13-25-14-10-17)18-7-11-23(12-8-18)15-16-5-3-2-4-6-16/h2-6,17-19H,7-15,21H2,1H3. The summed E-state index contributed by atoms with van der Waals surface area (Å²) in [5.74, 6) is 0.371. The van der Waals surface area contributed by atoms with Crippen molar-refractivity contribution in [1.82, 2.24) is 9.80 Å². The van der Waals surface area contributed by atoms with Crippen molar-refractivity contribution in [1.29, 1.82) is 0 Å². The predicted octanol–water partition coefficient (Wildman–Crippen LogP) is 1.86. The summed E-state index contributed by atoms with van der Waals surface area (Å²) in [6, 6.07) is 10.5. The van der Waals surface area contributed by atoms with E-state index in [4.69, 9.17) is 10.5 Å². The average molecular weight is 345 g/mol. The first-order chi connectivity index (χ1) is 12.1. The third-order valence-electron chi connectivity index (χ3n) is 5.76. The second kappa shape index (κ2) is 8.79. The maximum atomic E-state index is 12.8. The summed E-state index contributed by atoms with van der Waals surface area (Å²) in [5, 5.41) is 0. The van der Waals surface area contributed by atoms with Crippen molar-refractivity contribution in [3.63, 3.8) is 0 Å². The molecule has 2 N–H and O–H groups in total. The Balaban J connectivity index is 1.47. The fourth-order valence-corrected chi connectivity index (χ4v) is 4.00. The van der Waals surface area contributed by atoms with Gasteiger partial charge in [0.25, 0.3) is 0 Å². The first-order valence-electron chi connectivity index (χ1n) is 9.51. The minimum Gasteiger partial charge on any atom is -0.381 e. The lowest BCUT2D eigenvalue weighted by molar-refractivity contribution is -0.136. The molecule has 2 heterocycles. The molecule has 5 nitrogen and oxygen atoms in total. The molecule has 1 unspecified atom stereocenters. The number of amides is 1. The SMILES string of the molecule is CN(C(=O)C(N)C1CCOCC1)C1CCN(Cc2ccccc2)CC1. The van der Waals surface area contributed by atoms with Gasteiger partial charge in [-0.2, -0.15) is 0 Å². The summed E-state index contributed by atoms with van der Waals surface area (Å²) < 4.78 is 5.38. The Morgan fingerprint density at radius 1 is 1.20 bits per heavy atom. The Bertz CT molecular complexity index is 537. The molecular formula is C20H31N3O2. The van der Waals surface area contributed by atoms with Crippen molar-refractivity contribution in [2.24, 2.45) is 11.7 Å². The average Bonchev–Trinajstić information content (AvgIpc) is 2.68. The zero-order valence-electron chi connectivity index (χ0n) is 15.3. The zero-order chi connectivity index (χ0) is 17.6. The zero-order valence-corrected chi connectivity index (χ0v) is 15.3. The van der Waals surface area contributed by atoms with Crippen molar-refractivity contribution in [2.75, 3.05) is 33.4 Å². The Labute approximate surface area is 151 Å². The number of carbonyl (C=O) groups is 1. The van der Waals surface area contributed by atoms with Crippen LogP contribution in [0.5, 0.6) is 0 Å². The van der Waals surface area contributed by atoms with Crippen LogP contribution >= 0.6 is 0 Å². The molecule has 2 aliphatic rings. The first-order valence-corrected chi connectivity index (χ1v) is 9.51. The van der Waals surface area contributed by atoms with E-state index >= 15 is 0 Å². The van der Waals surface area contributed by atoms with E-state index in [1.54, 1.807) is 0 Å². The van der Waals surface area contributed by atoms with Gasteiger partial charge in [0.2, 0.25) is 5.91 Å². The molecule has 138 valence electrons. The summed E-state index contributed by atoms with van der Waals surface area (Å²) in [7, 11) is 1.93. The van der Waals surface area contributed by atoms with E-state index in [1.165, 1.54) is 5.56 Å². The highest BCUT2D eigenvalue weighted by atomic mass is 16.5. The van der Waals surface area contributed by atoms with Gasteiger partial charge in [-0.1, -0.05) is 30.3 Å². The second-order valence-corrected chi connectivity index (χ2v) is 7.42. The molecule has 3 rings (SSSR count). The van der Waals surface area contributed by atoms with Gasteiger partial charge in [-0.25, -0.2) is 0 Å². The van der Waals surface area contributed by atoms with E-state index in [2.05, 4.69) is 35.2 Å². The number of likely N-dealkylation sites (N-methyl/N-ethyl adjacent to an activating group) is 1. The Hall–Kier alpha value is -1.43. The van der Waals surface area contributed by atoms with Gasteiger partial charge in [0, 0.05) is 45.9 Å². The molecule has 1 amide bonds. The summed E-state index contributed by atoms with van der Waals surface area (Å²) in [6.07, 6.45) is 3.84. The molecule has 2 saturated heterocycles. The summed E-state index contributed by atoms with van der Waals surface area (Å²) in [5.41, 5.74) is 7.63. The highest BCUT2D eigenvalue weighted by Crippen LogP contribution is 2.22. The van der Waals surface area contributed by atoms with Gasteiger partial charge in [0.05, 0.1) is 6.04 Å². The highest BCUT2D eigenvalue weighted by Gasteiger charge is 2.32. The van der Waals surface area contributed by atoms with Crippen LogP contribution < -0.4 is 5.73 Å². The molecule has 0 saturated carbocycles. The van der Waals surface area contributed by atoms with Gasteiger partial charge in [0.15, 0.2) is 0 Å². The molecule has 0 spiro atoms. The molecule has 0 radical (unpaired) electrons. The number of likely N-dealkylation sites (tertiary alicyclic amines) is 1. The summed E-state index contributed by atoms with van der Waals surface area (Å²) in [6.45, 7) is 4.51. The Kier molecular flexibility index (Phi) is 6.45. The van der Waals surface area contributed by atoms with Crippen LogP contribution in [0.1, 0.15) is 31.2 Å². The lowest BCUT2D eigenvalue weighted by Gasteiger charge is -2.39. The molecule has 2 fully saturated rings. The van der Waals surface area contributed by atoms with Crippen LogP contribution in [0, 0.1) is 5.92 Å². The van der Waals surface area contributed by atoms with Gasteiger partial charge in [0.1, 0.15) is 0 Å². The number of carbonyl (C=O) groups excluding carboxylic acids is 1. The first kappa shape index (κ1) is 18.4. The minimum atomic E-state index is -0.378. The van der Waals surface area contributed by atoms with Crippen molar-refractivity contribution >= 4 is 5.91 Å². The van der Waals surface area contributed by atoms with E-state index in [-0.39, 0.29) is 17.9 Å². The van der Waals surface area contributed by atoms with Gasteiger partial charge in [-0.15, -0.1) is 0 Å². The van der Waals surface area contributed by atoms with Crippen LogP contribution in [-0.2, 0) is 16.1 Å². The lowest BCUT2D eigenvalue weighted by atomic mass is 9.91. The van der Waals surface area contributed by atoms with E-state index in [1.807, 2.05) is 11.9 Å². The molecule has 1 aromatic carbocycles. The Morgan fingerprint density at radius 2 is 1.84 bits per heavy atom. The number of rotatable bonds is 5. The molecule has 5 heteroatoms. The number of hydrogen-bond donors (Lipinski definition) is 1. The third-order valence-corrected chi connectivity index (χ3v) is 5.76. The smallest absolute Gasteiger partial charge is 0.239 e. The molecule has 0 aromatic heterocycles. The highest BCUT2D eigenvalue weighted by molar-refractivity contribution is 5.82. The molecule has 1 atom stereocenters. The molecular weight excluding hydrogens is 314 g/mol. The van der Waals surface area contributed by atoms with Crippen molar-refractivity contribution in [2.45, 2.75) is 44.3 Å². The molecule has 1 aromatic rings. The van der Waals surface area contributed by atoms with Crippen LogP contribution in [0.25, 0.3) is 0 Å². The van der Waals surface area contributed by atoms with Crippen LogP contribution in [0.2, 0.25) is 0 Å². The predicted molar refractivity (Wildman–Crippen MR) is 99.0 cm³/mol. The van der Waals surface area contributed by atoms with Crippen molar-refractivity contribution in [3.8, 4) is 0 Å². The molecule has 0 aliphatic carbocycles. The summed E-state index contributed by atoms with van der Waals surface area (Å²) in [4.78, 5) is 17.2. The maximum Gasteiger partial charge on any atom is 0.239 e. The Morgan fingerprint density at radius 3 is 2.48 bits per heavy atom. The minimum absolute atomic E-state index is 0.105. The summed E-state index contributed by atoms with van der Waals surface area (Å²) >= 11 is 0. The van der Waals surface area contributed by atoms with E-state index < -0.39 is 0 Å². The van der Waals surface area contributed by atoms with E-state index in [0.29, 0.717) is 6.04 Å². The normalized spacial score (nSPS) is 21.8. The number of ether oxygens (including phenoxy) is 1. The van der Waals surface area contributed by atoms with Crippen molar-refractivity contribution < 1.29 is 9.53 Å².